The molecule has 10 heteroatoms. The topological polar surface area (TPSA) is 112 Å². The maximum Gasteiger partial charge on any atom is 0.267 e. The SMILES string of the molecule is CC(Nc1nc(N)ncc1-c1cscn1)c1nc2cccc(Cl)c2c(=O)n1-c1ccccc1. The highest BCUT2D eigenvalue weighted by molar-refractivity contribution is 7.07. The van der Waals surface area contributed by atoms with Gasteiger partial charge in [0.2, 0.25) is 5.95 Å². The highest BCUT2D eigenvalue weighted by Gasteiger charge is 2.21. The summed E-state index contributed by atoms with van der Waals surface area (Å²) in [6.45, 7) is 1.90. The third-order valence-corrected chi connectivity index (χ3v) is 6.04. The van der Waals surface area contributed by atoms with Crippen LogP contribution in [0.5, 0.6) is 0 Å². The number of halogens is 1. The monoisotopic (exact) mass is 475 g/mol. The smallest absolute Gasteiger partial charge is 0.267 e. The number of aromatic nitrogens is 5. The molecule has 0 saturated carbocycles. The Morgan fingerprint density at radius 1 is 1.09 bits per heavy atom. The molecule has 5 rings (SSSR count). The number of thiazole rings is 1. The van der Waals surface area contributed by atoms with Gasteiger partial charge in [-0.1, -0.05) is 35.9 Å². The summed E-state index contributed by atoms with van der Waals surface area (Å²) in [5.74, 6) is 1.13. The lowest BCUT2D eigenvalue weighted by Crippen LogP contribution is -2.27. The van der Waals surface area contributed by atoms with Crippen molar-refractivity contribution < 1.29 is 0 Å². The number of nitrogens with two attached hydrogens (primary N) is 1. The quantitative estimate of drug-likeness (QED) is 0.378. The van der Waals surface area contributed by atoms with Crippen molar-refractivity contribution in [2.75, 3.05) is 11.1 Å². The van der Waals surface area contributed by atoms with Gasteiger partial charge in [0.1, 0.15) is 11.6 Å². The average Bonchev–Trinajstić information content (AvgIpc) is 3.34. The largest absolute Gasteiger partial charge is 0.368 e. The van der Waals surface area contributed by atoms with E-state index in [1.54, 1.807) is 34.5 Å². The molecule has 8 nitrogen and oxygen atoms in total. The molecule has 0 aliphatic rings. The number of nitrogens with zero attached hydrogens (tertiary/aromatic N) is 5. The molecule has 0 saturated heterocycles. The minimum absolute atomic E-state index is 0.127. The van der Waals surface area contributed by atoms with Crippen LogP contribution >= 0.6 is 22.9 Å². The number of benzene rings is 2. The lowest BCUT2D eigenvalue weighted by atomic mass is 10.2. The van der Waals surface area contributed by atoms with Crippen LogP contribution in [0, 0.1) is 0 Å². The Balaban J connectivity index is 1.68. The normalized spacial score (nSPS) is 12.1. The maximum absolute atomic E-state index is 13.6. The molecule has 0 amide bonds. The van der Waals surface area contributed by atoms with E-state index in [4.69, 9.17) is 22.3 Å². The molecular formula is C23H18ClN7OS. The van der Waals surface area contributed by atoms with Crippen molar-refractivity contribution in [2.24, 2.45) is 0 Å². The number of hydrogen-bond donors (Lipinski definition) is 2. The van der Waals surface area contributed by atoms with E-state index in [9.17, 15) is 4.79 Å². The van der Waals surface area contributed by atoms with Gasteiger partial charge in [-0.25, -0.2) is 15.0 Å². The van der Waals surface area contributed by atoms with Crippen LogP contribution in [0.4, 0.5) is 11.8 Å². The molecule has 0 radical (unpaired) electrons. The maximum atomic E-state index is 13.6. The van der Waals surface area contributed by atoms with E-state index >= 15 is 0 Å². The van der Waals surface area contributed by atoms with Gasteiger partial charge in [0.05, 0.1) is 44.4 Å². The van der Waals surface area contributed by atoms with Gasteiger partial charge in [0.25, 0.3) is 5.56 Å². The van der Waals surface area contributed by atoms with E-state index in [1.807, 2.05) is 42.6 Å². The zero-order valence-corrected chi connectivity index (χ0v) is 19.0. The number of hydrogen-bond acceptors (Lipinski definition) is 8. The van der Waals surface area contributed by atoms with Gasteiger partial charge in [-0.15, -0.1) is 11.3 Å². The molecule has 0 bridgehead atoms. The summed E-state index contributed by atoms with van der Waals surface area (Å²) in [4.78, 5) is 31.3. The Labute approximate surface area is 197 Å². The van der Waals surface area contributed by atoms with E-state index in [1.165, 1.54) is 11.3 Å². The summed E-state index contributed by atoms with van der Waals surface area (Å²) in [7, 11) is 0. The van der Waals surface area contributed by atoms with Crippen molar-refractivity contribution in [1.82, 2.24) is 24.5 Å². The van der Waals surface area contributed by atoms with E-state index in [2.05, 4.69) is 20.3 Å². The fourth-order valence-electron chi connectivity index (χ4n) is 3.63. The van der Waals surface area contributed by atoms with Crippen molar-refractivity contribution in [3.05, 3.63) is 86.8 Å². The molecule has 1 unspecified atom stereocenters. The highest BCUT2D eigenvalue weighted by atomic mass is 35.5. The summed E-state index contributed by atoms with van der Waals surface area (Å²) < 4.78 is 1.57. The highest BCUT2D eigenvalue weighted by Crippen LogP contribution is 2.30. The minimum atomic E-state index is -0.423. The molecule has 3 N–H and O–H groups in total. The fraction of sp³-hybridized carbons (Fsp3) is 0.0870. The Hall–Kier alpha value is -3.82. The van der Waals surface area contributed by atoms with Crippen LogP contribution in [0.3, 0.4) is 0 Å². The van der Waals surface area contributed by atoms with E-state index < -0.39 is 6.04 Å². The van der Waals surface area contributed by atoms with Crippen molar-refractivity contribution in [3.63, 3.8) is 0 Å². The van der Waals surface area contributed by atoms with Crippen LogP contribution < -0.4 is 16.6 Å². The Morgan fingerprint density at radius 3 is 2.67 bits per heavy atom. The average molecular weight is 476 g/mol. The van der Waals surface area contributed by atoms with Crippen molar-refractivity contribution in [3.8, 4) is 16.9 Å². The third-order valence-electron chi connectivity index (χ3n) is 5.14. The van der Waals surface area contributed by atoms with Crippen LogP contribution in [0.2, 0.25) is 5.02 Å². The van der Waals surface area contributed by atoms with E-state index in [-0.39, 0.29) is 11.5 Å². The molecule has 0 spiro atoms. The number of nitrogens with one attached hydrogen (secondary N) is 1. The van der Waals surface area contributed by atoms with Gasteiger partial charge in [0.15, 0.2) is 0 Å². The van der Waals surface area contributed by atoms with Crippen LogP contribution in [-0.2, 0) is 0 Å². The molecule has 5 aromatic rings. The van der Waals surface area contributed by atoms with Crippen LogP contribution in [0.15, 0.2) is 70.4 Å². The van der Waals surface area contributed by atoms with Crippen LogP contribution in [-0.4, -0.2) is 24.5 Å². The lowest BCUT2D eigenvalue weighted by molar-refractivity contribution is 0.731. The standard InChI is InChI=1S/C23H18ClN7OS/c1-13(28-20-15(10-26-23(25)30-20)18-11-33-12-27-18)21-29-17-9-5-8-16(24)19(17)22(32)31(21)14-6-3-2-4-7-14/h2-13H,1H3,(H3,25,26,28,30). The summed E-state index contributed by atoms with van der Waals surface area (Å²) in [6.07, 6.45) is 1.63. The molecule has 1 atom stereocenters. The Morgan fingerprint density at radius 2 is 1.91 bits per heavy atom. The molecular weight excluding hydrogens is 458 g/mol. The number of para-hydroxylation sites is 1. The molecule has 164 valence electrons. The second kappa shape index (κ2) is 8.61. The zero-order valence-electron chi connectivity index (χ0n) is 17.4. The van der Waals surface area contributed by atoms with Gasteiger partial charge in [-0.05, 0) is 31.2 Å². The number of rotatable bonds is 5. The first-order valence-electron chi connectivity index (χ1n) is 10.1. The fourth-order valence-corrected chi connectivity index (χ4v) is 4.43. The lowest BCUT2D eigenvalue weighted by Gasteiger charge is -2.21. The van der Waals surface area contributed by atoms with Gasteiger partial charge >= 0.3 is 0 Å². The summed E-state index contributed by atoms with van der Waals surface area (Å²) >= 11 is 7.84. The second-order valence-corrected chi connectivity index (χ2v) is 8.44. The van der Waals surface area contributed by atoms with E-state index in [0.29, 0.717) is 38.8 Å². The predicted molar refractivity (Wildman–Crippen MR) is 132 cm³/mol. The zero-order chi connectivity index (χ0) is 22.9. The Kier molecular flexibility index (Phi) is 5.49. The van der Waals surface area contributed by atoms with E-state index in [0.717, 1.165) is 5.69 Å². The first-order chi connectivity index (χ1) is 16.0. The summed E-state index contributed by atoms with van der Waals surface area (Å²) in [5.41, 5.74) is 9.99. The molecule has 2 aromatic carbocycles. The summed E-state index contributed by atoms with van der Waals surface area (Å²) in [5, 5.41) is 5.98. The third kappa shape index (κ3) is 3.92. The molecule has 0 aliphatic heterocycles. The van der Waals surface area contributed by atoms with Crippen molar-refractivity contribution in [2.45, 2.75) is 13.0 Å². The molecule has 0 aliphatic carbocycles. The van der Waals surface area contributed by atoms with Gasteiger partial charge in [0, 0.05) is 11.6 Å². The Bertz CT molecular complexity index is 1500. The molecule has 0 fully saturated rings. The minimum Gasteiger partial charge on any atom is -0.368 e. The van der Waals surface area contributed by atoms with Crippen molar-refractivity contribution >= 4 is 45.6 Å². The summed E-state index contributed by atoms with van der Waals surface area (Å²) in [6, 6.07) is 14.1. The molecule has 3 aromatic heterocycles. The first-order valence-corrected chi connectivity index (χ1v) is 11.4. The number of nitrogen functional groups attached to an aromatic ring is 1. The van der Waals surface area contributed by atoms with Gasteiger partial charge in [-0.3, -0.25) is 9.36 Å². The predicted octanol–water partition coefficient (Wildman–Crippen LogP) is 4.71. The van der Waals surface area contributed by atoms with Crippen molar-refractivity contribution in [1.29, 1.82) is 0 Å². The number of fused-ring (bicyclic) bond motifs is 1. The van der Waals surface area contributed by atoms with Gasteiger partial charge in [-0.2, -0.15) is 4.98 Å². The van der Waals surface area contributed by atoms with Crippen LogP contribution in [0.1, 0.15) is 18.8 Å². The van der Waals surface area contributed by atoms with Crippen LogP contribution in [0.25, 0.3) is 27.8 Å². The molecule has 3 heterocycles. The van der Waals surface area contributed by atoms with Gasteiger partial charge < -0.3 is 11.1 Å². The second-order valence-electron chi connectivity index (χ2n) is 7.31. The molecule has 33 heavy (non-hydrogen) atoms. The number of anilines is 2. The first kappa shape index (κ1) is 21.0.